The summed E-state index contributed by atoms with van der Waals surface area (Å²) in [6.07, 6.45) is 2.93. The van der Waals surface area contributed by atoms with Gasteiger partial charge in [0.05, 0.1) is 15.6 Å². The van der Waals surface area contributed by atoms with E-state index in [9.17, 15) is 0 Å². The van der Waals surface area contributed by atoms with E-state index in [0.29, 0.717) is 21.4 Å². The summed E-state index contributed by atoms with van der Waals surface area (Å²) in [5.41, 5.74) is 0.494. The highest BCUT2D eigenvalue weighted by molar-refractivity contribution is 6.38. The lowest BCUT2D eigenvalue weighted by Crippen LogP contribution is -1.99. The highest BCUT2D eigenvalue weighted by Crippen LogP contribution is 2.30. The Bertz CT molecular complexity index is 465. The van der Waals surface area contributed by atoms with E-state index in [4.69, 9.17) is 23.2 Å². The van der Waals surface area contributed by atoms with Gasteiger partial charge in [-0.05, 0) is 6.92 Å². The highest BCUT2D eigenvalue weighted by atomic mass is 35.5. The molecule has 0 bridgehead atoms. The minimum Gasteiger partial charge on any atom is -0.262 e. The van der Waals surface area contributed by atoms with Gasteiger partial charge in [0.15, 0.2) is 5.82 Å². The van der Waals surface area contributed by atoms with Crippen molar-refractivity contribution in [3.63, 3.8) is 0 Å². The number of hydrogen-bond donors (Lipinski definition) is 0. The molecular formula is C8H5Cl2N5. The van der Waals surface area contributed by atoms with Gasteiger partial charge in [0.1, 0.15) is 0 Å². The Kier molecular flexibility index (Phi) is 2.75. The van der Waals surface area contributed by atoms with Gasteiger partial charge in [0.25, 0.3) is 0 Å². The molecule has 0 atom stereocenters. The van der Waals surface area contributed by atoms with Crippen LogP contribution in [0.5, 0.6) is 0 Å². The van der Waals surface area contributed by atoms with Crippen molar-refractivity contribution in [1.29, 1.82) is 0 Å². The molecule has 2 heterocycles. The van der Waals surface area contributed by atoms with E-state index >= 15 is 0 Å². The van der Waals surface area contributed by atoms with Crippen molar-refractivity contribution in [3.8, 4) is 11.4 Å². The molecule has 7 heteroatoms. The molecular weight excluding hydrogens is 237 g/mol. The molecule has 2 rings (SSSR count). The zero-order valence-corrected chi connectivity index (χ0v) is 9.16. The smallest absolute Gasteiger partial charge is 0.206 e. The number of aryl methyl sites for hydroxylation is 1. The number of nitrogens with zero attached hydrogens (tertiary/aromatic N) is 5. The van der Waals surface area contributed by atoms with Crippen molar-refractivity contribution in [2.24, 2.45) is 0 Å². The van der Waals surface area contributed by atoms with Crippen molar-refractivity contribution < 1.29 is 0 Å². The van der Waals surface area contributed by atoms with Crippen LogP contribution in [0, 0.1) is 6.92 Å². The van der Waals surface area contributed by atoms with Crippen LogP contribution >= 0.6 is 23.2 Å². The van der Waals surface area contributed by atoms with E-state index in [1.165, 1.54) is 12.4 Å². The molecule has 0 saturated heterocycles. The predicted octanol–water partition coefficient (Wildman–Crippen LogP) is 1.94. The lowest BCUT2D eigenvalue weighted by molar-refractivity contribution is 0.816. The molecule has 2 aromatic heterocycles. The summed E-state index contributed by atoms with van der Waals surface area (Å²) in [4.78, 5) is 3.83. The van der Waals surface area contributed by atoms with Crippen molar-refractivity contribution in [1.82, 2.24) is 25.4 Å². The molecule has 76 valence electrons. The standard InChI is InChI=1S/C8H5Cl2N5/c1-4-12-14-8(15-13-4)7-5(9)2-11-3-6(7)10/h2-3H,1H3. The molecule has 0 saturated carbocycles. The van der Waals surface area contributed by atoms with Crippen molar-refractivity contribution in [2.45, 2.75) is 6.92 Å². The first-order chi connectivity index (χ1) is 7.18. The Balaban J connectivity index is 2.58. The van der Waals surface area contributed by atoms with E-state index in [0.717, 1.165) is 0 Å². The van der Waals surface area contributed by atoms with Crippen LogP contribution in [-0.4, -0.2) is 25.4 Å². The van der Waals surface area contributed by atoms with Gasteiger partial charge >= 0.3 is 0 Å². The Morgan fingerprint density at radius 1 is 0.933 bits per heavy atom. The van der Waals surface area contributed by atoms with Gasteiger partial charge in [-0.15, -0.1) is 20.4 Å². The third-order valence-electron chi connectivity index (χ3n) is 1.66. The molecule has 0 aliphatic carbocycles. The second-order valence-electron chi connectivity index (χ2n) is 2.75. The van der Waals surface area contributed by atoms with Gasteiger partial charge in [0.2, 0.25) is 5.82 Å². The minimum absolute atomic E-state index is 0.290. The summed E-state index contributed by atoms with van der Waals surface area (Å²) in [5.74, 6) is 0.776. The normalized spacial score (nSPS) is 10.3. The molecule has 0 radical (unpaired) electrons. The van der Waals surface area contributed by atoms with Gasteiger partial charge in [-0.3, -0.25) is 4.98 Å². The molecule has 0 amide bonds. The molecule has 0 unspecified atom stereocenters. The fourth-order valence-corrected chi connectivity index (χ4v) is 1.54. The second-order valence-corrected chi connectivity index (χ2v) is 3.56. The Labute approximate surface area is 95.5 Å². The van der Waals surface area contributed by atoms with E-state index in [-0.39, 0.29) is 5.82 Å². The van der Waals surface area contributed by atoms with Crippen molar-refractivity contribution in [2.75, 3.05) is 0 Å². The average Bonchev–Trinajstić information content (AvgIpc) is 2.20. The molecule has 2 aromatic rings. The maximum Gasteiger partial charge on any atom is 0.206 e. The van der Waals surface area contributed by atoms with E-state index < -0.39 is 0 Å². The molecule has 0 aliphatic heterocycles. The van der Waals surface area contributed by atoms with Crippen LogP contribution < -0.4 is 0 Å². The lowest BCUT2D eigenvalue weighted by atomic mass is 10.2. The first kappa shape index (κ1) is 10.2. The summed E-state index contributed by atoms with van der Waals surface area (Å²) in [6, 6.07) is 0. The Morgan fingerprint density at radius 3 is 2.00 bits per heavy atom. The van der Waals surface area contributed by atoms with Crippen LogP contribution in [0.25, 0.3) is 11.4 Å². The molecule has 0 fully saturated rings. The zero-order valence-electron chi connectivity index (χ0n) is 7.65. The quantitative estimate of drug-likeness (QED) is 0.764. The van der Waals surface area contributed by atoms with Crippen LogP contribution in [0.15, 0.2) is 12.4 Å². The summed E-state index contributed by atoms with van der Waals surface area (Å²) in [7, 11) is 0. The lowest BCUT2D eigenvalue weighted by Gasteiger charge is -2.02. The summed E-state index contributed by atoms with van der Waals surface area (Å²) < 4.78 is 0. The SMILES string of the molecule is Cc1nnc(-c2c(Cl)cncc2Cl)nn1. The number of rotatable bonds is 1. The van der Waals surface area contributed by atoms with E-state index in [1.54, 1.807) is 6.92 Å². The van der Waals surface area contributed by atoms with Crippen LogP contribution in [0.3, 0.4) is 0 Å². The summed E-state index contributed by atoms with van der Waals surface area (Å²) in [6.45, 7) is 1.69. The molecule has 0 aliphatic rings. The number of hydrogen-bond acceptors (Lipinski definition) is 5. The fourth-order valence-electron chi connectivity index (χ4n) is 1.00. The van der Waals surface area contributed by atoms with Gasteiger partial charge in [-0.1, -0.05) is 23.2 Å². The zero-order chi connectivity index (χ0) is 10.8. The molecule has 0 aromatic carbocycles. The van der Waals surface area contributed by atoms with Gasteiger partial charge < -0.3 is 0 Å². The maximum absolute atomic E-state index is 5.92. The largest absolute Gasteiger partial charge is 0.262 e. The number of pyridine rings is 1. The first-order valence-electron chi connectivity index (χ1n) is 4.02. The third-order valence-corrected chi connectivity index (χ3v) is 2.23. The van der Waals surface area contributed by atoms with Gasteiger partial charge in [0, 0.05) is 12.4 Å². The van der Waals surface area contributed by atoms with Crippen LogP contribution in [0.2, 0.25) is 10.0 Å². The molecule has 15 heavy (non-hydrogen) atoms. The topological polar surface area (TPSA) is 64.5 Å². The first-order valence-corrected chi connectivity index (χ1v) is 4.77. The third kappa shape index (κ3) is 2.03. The minimum atomic E-state index is 0.290. The van der Waals surface area contributed by atoms with Crippen LogP contribution in [0.4, 0.5) is 0 Å². The number of halogens is 2. The Morgan fingerprint density at radius 2 is 1.47 bits per heavy atom. The highest BCUT2D eigenvalue weighted by Gasteiger charge is 2.12. The fraction of sp³-hybridized carbons (Fsp3) is 0.125. The summed E-state index contributed by atoms with van der Waals surface area (Å²) in [5, 5.41) is 16.0. The predicted molar refractivity (Wildman–Crippen MR) is 55.6 cm³/mol. The second kappa shape index (κ2) is 4.04. The van der Waals surface area contributed by atoms with Crippen LogP contribution in [-0.2, 0) is 0 Å². The van der Waals surface area contributed by atoms with E-state index in [2.05, 4.69) is 25.4 Å². The maximum atomic E-state index is 5.92. The molecule has 0 N–H and O–H groups in total. The molecule has 0 spiro atoms. The van der Waals surface area contributed by atoms with Crippen molar-refractivity contribution >= 4 is 23.2 Å². The number of aromatic nitrogens is 5. The average molecular weight is 242 g/mol. The van der Waals surface area contributed by atoms with Gasteiger partial charge in [-0.2, -0.15) is 0 Å². The van der Waals surface area contributed by atoms with Gasteiger partial charge in [-0.25, -0.2) is 0 Å². The molecule has 5 nitrogen and oxygen atoms in total. The summed E-state index contributed by atoms with van der Waals surface area (Å²) >= 11 is 11.8. The van der Waals surface area contributed by atoms with Crippen molar-refractivity contribution in [3.05, 3.63) is 28.3 Å². The Hall–Kier alpha value is -1.33. The van der Waals surface area contributed by atoms with Crippen LogP contribution in [0.1, 0.15) is 5.82 Å². The monoisotopic (exact) mass is 241 g/mol. The van der Waals surface area contributed by atoms with E-state index in [1.807, 2.05) is 0 Å².